The molecule has 21 heavy (non-hydrogen) atoms. The van der Waals surface area contributed by atoms with Gasteiger partial charge in [0, 0.05) is 24.3 Å². The molecule has 0 bridgehead atoms. The summed E-state index contributed by atoms with van der Waals surface area (Å²) in [5.74, 6) is 1.04. The molecule has 0 radical (unpaired) electrons. The molecule has 0 aliphatic carbocycles. The number of aryl methyl sites for hydroxylation is 1. The van der Waals surface area contributed by atoms with Crippen LogP contribution in [0.15, 0.2) is 42.5 Å². The van der Waals surface area contributed by atoms with Crippen molar-refractivity contribution >= 4 is 16.7 Å². The molecule has 0 aliphatic rings. The number of aromatic nitrogens is 2. The number of hydrogen-bond acceptors (Lipinski definition) is 2. The normalized spacial score (nSPS) is 11.3. The highest BCUT2D eigenvalue weighted by Crippen LogP contribution is 2.29. The molecule has 3 rings (SSSR count). The van der Waals surface area contributed by atoms with Gasteiger partial charge in [0.1, 0.15) is 5.82 Å². The average molecular weight is 279 g/mol. The van der Waals surface area contributed by atoms with Crippen molar-refractivity contribution in [2.45, 2.75) is 26.8 Å². The first-order valence-electron chi connectivity index (χ1n) is 7.37. The van der Waals surface area contributed by atoms with Gasteiger partial charge in [-0.1, -0.05) is 6.07 Å². The number of benzene rings is 2. The Morgan fingerprint density at radius 1 is 1.05 bits per heavy atom. The van der Waals surface area contributed by atoms with Crippen molar-refractivity contribution in [3.63, 3.8) is 0 Å². The Morgan fingerprint density at radius 3 is 2.38 bits per heavy atom. The minimum absolute atomic E-state index is 0.372. The first-order chi connectivity index (χ1) is 10.1. The van der Waals surface area contributed by atoms with Gasteiger partial charge in [0.2, 0.25) is 0 Å². The minimum atomic E-state index is 0.372. The van der Waals surface area contributed by atoms with Gasteiger partial charge >= 0.3 is 0 Å². The lowest BCUT2D eigenvalue weighted by molar-refractivity contribution is 0.624. The smallest absolute Gasteiger partial charge is 0.141 e. The highest BCUT2D eigenvalue weighted by Gasteiger charge is 2.14. The van der Waals surface area contributed by atoms with Crippen LogP contribution in [-0.2, 0) is 0 Å². The number of imidazole rings is 1. The fraction of sp³-hybridized carbons (Fsp3) is 0.278. The Bertz CT molecular complexity index is 767. The quantitative estimate of drug-likeness (QED) is 0.757. The van der Waals surface area contributed by atoms with E-state index in [0.29, 0.717) is 6.04 Å². The summed E-state index contributed by atoms with van der Waals surface area (Å²) in [5, 5.41) is 3.15. The largest absolute Gasteiger partial charge is 0.388 e. The van der Waals surface area contributed by atoms with Gasteiger partial charge in [-0.3, -0.25) is 0 Å². The van der Waals surface area contributed by atoms with Crippen LogP contribution in [0.5, 0.6) is 0 Å². The maximum Gasteiger partial charge on any atom is 0.141 e. The molecule has 1 heterocycles. The van der Waals surface area contributed by atoms with Crippen LogP contribution in [0.2, 0.25) is 0 Å². The van der Waals surface area contributed by atoms with E-state index in [9.17, 15) is 0 Å². The van der Waals surface area contributed by atoms with E-state index in [1.165, 1.54) is 11.1 Å². The molecule has 3 nitrogen and oxygen atoms in total. The van der Waals surface area contributed by atoms with Crippen LogP contribution in [0.4, 0.5) is 5.69 Å². The maximum absolute atomic E-state index is 4.86. The lowest BCUT2D eigenvalue weighted by Gasteiger charge is -2.13. The third-order valence-electron chi connectivity index (χ3n) is 3.79. The van der Waals surface area contributed by atoms with Crippen LogP contribution in [0, 0.1) is 6.92 Å². The highest BCUT2D eigenvalue weighted by molar-refractivity contribution is 5.81. The molecule has 0 fully saturated rings. The van der Waals surface area contributed by atoms with Crippen molar-refractivity contribution in [2.24, 2.45) is 0 Å². The van der Waals surface area contributed by atoms with Crippen molar-refractivity contribution in [3.05, 3.63) is 48.0 Å². The highest BCUT2D eigenvalue weighted by atomic mass is 15.1. The van der Waals surface area contributed by atoms with E-state index in [4.69, 9.17) is 4.98 Å². The third kappa shape index (κ3) is 2.40. The van der Waals surface area contributed by atoms with Crippen molar-refractivity contribution in [1.82, 2.24) is 9.55 Å². The Kier molecular flexibility index (Phi) is 3.42. The van der Waals surface area contributed by atoms with Crippen LogP contribution in [0.3, 0.4) is 0 Å². The number of fused-ring (bicyclic) bond motifs is 1. The van der Waals surface area contributed by atoms with Crippen molar-refractivity contribution in [1.29, 1.82) is 0 Å². The summed E-state index contributed by atoms with van der Waals surface area (Å²) >= 11 is 0. The molecule has 108 valence electrons. The molecule has 0 saturated heterocycles. The average Bonchev–Trinajstić information content (AvgIpc) is 2.85. The molecular weight excluding hydrogens is 258 g/mol. The fourth-order valence-corrected chi connectivity index (χ4v) is 2.72. The lowest BCUT2D eigenvalue weighted by Crippen LogP contribution is -2.03. The van der Waals surface area contributed by atoms with Gasteiger partial charge in [-0.25, -0.2) is 4.98 Å². The zero-order valence-corrected chi connectivity index (χ0v) is 13.0. The van der Waals surface area contributed by atoms with Crippen LogP contribution >= 0.6 is 0 Å². The van der Waals surface area contributed by atoms with Crippen LogP contribution < -0.4 is 5.32 Å². The molecule has 3 heteroatoms. The zero-order valence-electron chi connectivity index (χ0n) is 13.0. The first kappa shape index (κ1) is 13.7. The summed E-state index contributed by atoms with van der Waals surface area (Å²) in [5.41, 5.74) is 5.77. The summed E-state index contributed by atoms with van der Waals surface area (Å²) in [6, 6.07) is 15.3. The monoisotopic (exact) mass is 279 g/mol. The zero-order chi connectivity index (χ0) is 15.0. The molecule has 3 aromatic rings. The molecule has 1 N–H and O–H groups in total. The van der Waals surface area contributed by atoms with Gasteiger partial charge in [-0.15, -0.1) is 0 Å². The van der Waals surface area contributed by atoms with Gasteiger partial charge in [0.25, 0.3) is 0 Å². The number of anilines is 1. The van der Waals surface area contributed by atoms with E-state index in [1.54, 1.807) is 0 Å². The predicted octanol–water partition coefficient (Wildman–Crippen LogP) is 4.63. The molecule has 0 amide bonds. The topological polar surface area (TPSA) is 29.9 Å². The fourth-order valence-electron chi connectivity index (χ4n) is 2.72. The van der Waals surface area contributed by atoms with E-state index < -0.39 is 0 Å². The number of nitrogens with zero attached hydrogens (tertiary/aromatic N) is 2. The second-order valence-corrected chi connectivity index (χ2v) is 5.72. The van der Waals surface area contributed by atoms with Gasteiger partial charge in [-0.2, -0.15) is 0 Å². The molecule has 0 aliphatic heterocycles. The summed E-state index contributed by atoms with van der Waals surface area (Å²) in [6.07, 6.45) is 0. The molecule has 1 aromatic heterocycles. The number of nitrogens with one attached hydrogen (secondary N) is 1. The van der Waals surface area contributed by atoms with Crippen molar-refractivity contribution < 1.29 is 0 Å². The summed E-state index contributed by atoms with van der Waals surface area (Å²) in [4.78, 5) is 4.86. The second kappa shape index (κ2) is 5.24. The maximum atomic E-state index is 4.86. The van der Waals surface area contributed by atoms with E-state index in [2.05, 4.69) is 73.1 Å². The van der Waals surface area contributed by atoms with E-state index in [1.807, 2.05) is 7.05 Å². The minimum Gasteiger partial charge on any atom is -0.388 e. The first-order valence-corrected chi connectivity index (χ1v) is 7.37. The van der Waals surface area contributed by atoms with Crippen molar-refractivity contribution in [3.8, 4) is 11.4 Å². The molecule has 0 spiro atoms. The summed E-state index contributed by atoms with van der Waals surface area (Å²) in [6.45, 7) is 6.51. The van der Waals surface area contributed by atoms with E-state index >= 15 is 0 Å². The molecule has 0 saturated carbocycles. The standard InChI is InChI=1S/C18H21N3/c1-12(2)21-17-10-5-13(3)11-16(17)20-18(21)14-6-8-15(19-4)9-7-14/h5-12,19H,1-4H3. The van der Waals surface area contributed by atoms with Crippen molar-refractivity contribution in [2.75, 3.05) is 12.4 Å². The Balaban J connectivity index is 2.22. The summed E-state index contributed by atoms with van der Waals surface area (Å²) < 4.78 is 2.31. The Labute approximate surface area is 125 Å². The van der Waals surface area contributed by atoms with Crippen LogP contribution in [0.1, 0.15) is 25.5 Å². The Morgan fingerprint density at radius 2 is 1.76 bits per heavy atom. The number of rotatable bonds is 3. The predicted molar refractivity (Wildman–Crippen MR) is 89.8 cm³/mol. The molecule has 0 unspecified atom stereocenters. The van der Waals surface area contributed by atoms with E-state index in [0.717, 1.165) is 22.6 Å². The van der Waals surface area contributed by atoms with E-state index in [-0.39, 0.29) is 0 Å². The van der Waals surface area contributed by atoms with Gasteiger partial charge in [0.15, 0.2) is 0 Å². The van der Waals surface area contributed by atoms with Gasteiger partial charge in [0.05, 0.1) is 11.0 Å². The molecule has 0 atom stereocenters. The molecular formula is C18H21N3. The second-order valence-electron chi connectivity index (χ2n) is 5.72. The Hall–Kier alpha value is -2.29. The third-order valence-corrected chi connectivity index (χ3v) is 3.79. The van der Waals surface area contributed by atoms with Gasteiger partial charge < -0.3 is 9.88 Å². The SMILES string of the molecule is CNc1ccc(-c2nc3cc(C)ccc3n2C(C)C)cc1. The molecule has 2 aromatic carbocycles. The lowest BCUT2D eigenvalue weighted by atomic mass is 10.2. The van der Waals surface area contributed by atoms with Gasteiger partial charge in [-0.05, 0) is 62.7 Å². The summed E-state index contributed by atoms with van der Waals surface area (Å²) in [7, 11) is 1.93. The van der Waals surface area contributed by atoms with Crippen LogP contribution in [-0.4, -0.2) is 16.6 Å². The van der Waals surface area contributed by atoms with Crippen LogP contribution in [0.25, 0.3) is 22.4 Å². The number of hydrogen-bond donors (Lipinski definition) is 1.